The lowest BCUT2D eigenvalue weighted by atomic mass is 10.0. The first-order valence-electron chi connectivity index (χ1n) is 20.8. The van der Waals surface area contributed by atoms with Crippen molar-refractivity contribution in [2.24, 2.45) is 0 Å². The maximum absolute atomic E-state index is 12.0. The van der Waals surface area contributed by atoms with Gasteiger partial charge in [-0.3, -0.25) is 9.59 Å². The van der Waals surface area contributed by atoms with E-state index in [1.165, 1.54) is 141 Å². The van der Waals surface area contributed by atoms with E-state index in [-0.39, 0.29) is 31.9 Å². The summed E-state index contributed by atoms with van der Waals surface area (Å²) in [6.45, 7) is 4.81. The van der Waals surface area contributed by atoms with E-state index < -0.39 is 0 Å². The van der Waals surface area contributed by atoms with Gasteiger partial charge in [-0.05, 0) is 38.5 Å². The summed E-state index contributed by atoms with van der Waals surface area (Å²) in [6, 6.07) is 0. The summed E-state index contributed by atoms with van der Waals surface area (Å²) in [5.74, 6) is 1.14. The Labute approximate surface area is 312 Å². The van der Waals surface area contributed by atoms with Crippen molar-refractivity contribution in [3.05, 3.63) is 0 Å². The van der Waals surface area contributed by atoms with Crippen molar-refractivity contribution in [1.29, 1.82) is 0 Å². The number of thioether (sulfide) groups is 2. The van der Waals surface area contributed by atoms with Gasteiger partial charge in [-0.1, -0.05) is 155 Å². The monoisotopic (exact) mass is 733 g/mol. The first-order chi connectivity index (χ1) is 24.1. The molecule has 0 aromatic carbocycles. The lowest BCUT2D eigenvalue weighted by Crippen LogP contribution is -2.12. The zero-order chi connectivity index (χ0) is 35.9. The van der Waals surface area contributed by atoms with Crippen LogP contribution in [-0.2, 0) is 19.1 Å². The Bertz CT molecular complexity index is 639. The van der Waals surface area contributed by atoms with Gasteiger partial charge in [0.25, 0.3) is 0 Å². The highest BCUT2D eigenvalue weighted by atomic mass is 32.2. The molecule has 0 aliphatic carbocycles. The van der Waals surface area contributed by atoms with E-state index in [0.717, 1.165) is 50.0 Å². The van der Waals surface area contributed by atoms with Gasteiger partial charge in [0.2, 0.25) is 6.79 Å². The molecule has 0 spiro atoms. The molecule has 2 N–H and O–H groups in total. The van der Waals surface area contributed by atoms with Gasteiger partial charge >= 0.3 is 11.9 Å². The van der Waals surface area contributed by atoms with E-state index in [2.05, 4.69) is 13.8 Å². The molecule has 0 saturated heterocycles. The van der Waals surface area contributed by atoms with Crippen LogP contribution in [0.5, 0.6) is 0 Å². The number of carbonyl (C=O) groups excluding carboxylic acids is 2. The molecule has 0 radical (unpaired) electrons. The maximum Gasteiger partial charge on any atom is 0.308 e. The lowest BCUT2D eigenvalue weighted by molar-refractivity contribution is -0.167. The fourth-order valence-electron chi connectivity index (χ4n) is 6.37. The van der Waals surface area contributed by atoms with Gasteiger partial charge in [-0.25, -0.2) is 0 Å². The molecule has 0 aromatic heterocycles. The summed E-state index contributed by atoms with van der Waals surface area (Å²) >= 11 is 3.90. The predicted molar refractivity (Wildman–Crippen MR) is 214 cm³/mol. The molecule has 6 nitrogen and oxygen atoms in total. The molecule has 2 unspecified atom stereocenters. The number of hydrogen-bond acceptors (Lipinski definition) is 8. The van der Waals surface area contributed by atoms with Crippen LogP contribution in [0.4, 0.5) is 0 Å². The molecular weight excluding hydrogens is 653 g/mol. The average Bonchev–Trinajstić information content (AvgIpc) is 3.10. The number of carbonyl (C=O) groups is 2. The molecule has 8 heteroatoms. The minimum atomic E-state index is -0.282. The summed E-state index contributed by atoms with van der Waals surface area (Å²) in [4.78, 5) is 24.0. The fourth-order valence-corrected chi connectivity index (χ4v) is 8.58. The Morgan fingerprint density at radius 1 is 0.449 bits per heavy atom. The average molecular weight is 733 g/mol. The molecule has 0 heterocycles. The molecule has 0 amide bonds. The summed E-state index contributed by atoms with van der Waals surface area (Å²) in [5, 5.41) is 19.8. The third-order valence-corrected chi connectivity index (χ3v) is 12.1. The van der Waals surface area contributed by atoms with E-state index in [9.17, 15) is 19.8 Å². The normalized spacial score (nSPS) is 12.7. The molecule has 0 aliphatic rings. The smallest absolute Gasteiger partial charge is 0.308 e. The van der Waals surface area contributed by atoms with Crippen LogP contribution in [0.25, 0.3) is 0 Å². The van der Waals surface area contributed by atoms with Gasteiger partial charge in [0.1, 0.15) is 0 Å². The van der Waals surface area contributed by atoms with Crippen molar-refractivity contribution in [2.45, 2.75) is 217 Å². The van der Waals surface area contributed by atoms with Gasteiger partial charge in [0, 0.05) is 34.8 Å². The fraction of sp³-hybridized carbons (Fsp3) is 0.951. The van der Waals surface area contributed by atoms with Crippen LogP contribution in [-0.4, -0.2) is 64.2 Å². The Kier molecular flexibility index (Phi) is 40.0. The van der Waals surface area contributed by atoms with E-state index in [1.807, 2.05) is 23.5 Å². The topological polar surface area (TPSA) is 93.1 Å². The predicted octanol–water partition coefficient (Wildman–Crippen LogP) is 12.0. The van der Waals surface area contributed by atoms with E-state index >= 15 is 0 Å². The Morgan fingerprint density at radius 2 is 0.735 bits per heavy atom. The van der Waals surface area contributed by atoms with Gasteiger partial charge < -0.3 is 19.7 Å². The second-order valence-corrected chi connectivity index (χ2v) is 16.8. The first-order valence-corrected chi connectivity index (χ1v) is 22.9. The van der Waals surface area contributed by atoms with Crippen molar-refractivity contribution < 1.29 is 29.3 Å². The van der Waals surface area contributed by atoms with E-state index in [0.29, 0.717) is 23.3 Å². The Hall–Kier alpha value is -0.440. The Morgan fingerprint density at radius 3 is 1.04 bits per heavy atom. The lowest BCUT2D eigenvalue weighted by Gasteiger charge is -2.16. The van der Waals surface area contributed by atoms with Crippen molar-refractivity contribution >= 4 is 35.5 Å². The molecule has 0 fully saturated rings. The van der Waals surface area contributed by atoms with Crippen LogP contribution < -0.4 is 0 Å². The largest absolute Gasteiger partial charge is 0.428 e. The van der Waals surface area contributed by atoms with E-state index in [1.54, 1.807) is 0 Å². The standard InChI is InChI=1S/C41H80O6S2/c1-3-5-7-9-15-21-27-38(48-35-33-42)29-23-17-11-13-19-25-31-40(44)46-37-47-41(45)32-26-20-14-12-18-24-30-39(49-36-34-43)28-22-16-10-8-6-4-2/h38-39,42-43H,3-37H2,1-2H3. The highest BCUT2D eigenvalue weighted by Gasteiger charge is 2.11. The molecular formula is C41H80O6S2. The minimum Gasteiger partial charge on any atom is -0.428 e. The van der Waals surface area contributed by atoms with E-state index in [4.69, 9.17) is 9.47 Å². The van der Waals surface area contributed by atoms with Crippen molar-refractivity contribution in [3.63, 3.8) is 0 Å². The quantitative estimate of drug-likeness (QED) is 0.0365. The van der Waals surface area contributed by atoms with Gasteiger partial charge in [-0.2, -0.15) is 23.5 Å². The van der Waals surface area contributed by atoms with Crippen molar-refractivity contribution in [3.8, 4) is 0 Å². The maximum atomic E-state index is 12.0. The molecule has 49 heavy (non-hydrogen) atoms. The second-order valence-electron chi connectivity index (χ2n) is 14.0. The highest BCUT2D eigenvalue weighted by Crippen LogP contribution is 2.25. The number of aliphatic hydroxyl groups excluding tert-OH is 2. The first kappa shape index (κ1) is 48.6. The number of aliphatic hydroxyl groups is 2. The van der Waals surface area contributed by atoms with Gasteiger partial charge in [0.15, 0.2) is 0 Å². The highest BCUT2D eigenvalue weighted by molar-refractivity contribution is 8.00. The molecule has 0 saturated carbocycles. The van der Waals surface area contributed by atoms with Crippen LogP contribution in [0.2, 0.25) is 0 Å². The molecule has 292 valence electrons. The van der Waals surface area contributed by atoms with Gasteiger partial charge in [0.05, 0.1) is 13.2 Å². The number of esters is 2. The van der Waals surface area contributed by atoms with Crippen LogP contribution in [0, 0.1) is 0 Å². The van der Waals surface area contributed by atoms with Crippen molar-refractivity contribution in [2.75, 3.05) is 31.5 Å². The zero-order valence-electron chi connectivity index (χ0n) is 32.2. The van der Waals surface area contributed by atoms with Crippen LogP contribution >= 0.6 is 23.5 Å². The molecule has 2 atom stereocenters. The summed E-state index contributed by atoms with van der Waals surface area (Å²) < 4.78 is 10.2. The van der Waals surface area contributed by atoms with Crippen LogP contribution in [0.1, 0.15) is 206 Å². The summed E-state index contributed by atoms with van der Waals surface area (Å²) in [7, 11) is 0. The number of unbranched alkanes of at least 4 members (excludes halogenated alkanes) is 20. The van der Waals surface area contributed by atoms with Crippen LogP contribution in [0.15, 0.2) is 0 Å². The zero-order valence-corrected chi connectivity index (χ0v) is 33.9. The SMILES string of the molecule is CCCCCCCCC(CCCCCCCCC(=O)OCOC(=O)CCCCCCCCC(CCCCCCCC)SCCO)SCCO. The molecule has 0 aromatic rings. The van der Waals surface area contributed by atoms with Crippen LogP contribution in [0.3, 0.4) is 0 Å². The summed E-state index contributed by atoms with van der Waals surface area (Å²) in [5.41, 5.74) is 0. The molecule has 0 aliphatic heterocycles. The van der Waals surface area contributed by atoms with Crippen molar-refractivity contribution in [1.82, 2.24) is 0 Å². The third kappa shape index (κ3) is 37.1. The Balaban J connectivity index is 3.69. The molecule has 0 rings (SSSR count). The summed E-state index contributed by atoms with van der Waals surface area (Å²) in [6.07, 6.45) is 35.2. The van der Waals surface area contributed by atoms with Gasteiger partial charge in [-0.15, -0.1) is 0 Å². The second kappa shape index (κ2) is 40.3. The third-order valence-electron chi connectivity index (χ3n) is 9.40. The minimum absolute atomic E-state index is 0.264. The number of rotatable bonds is 40. The number of hydrogen-bond donors (Lipinski definition) is 2. The number of ether oxygens (including phenoxy) is 2. The molecule has 0 bridgehead atoms.